The van der Waals surface area contributed by atoms with Crippen LogP contribution in [0.25, 0.3) is 21.5 Å². The van der Waals surface area contributed by atoms with E-state index >= 15 is 0 Å². The first-order valence-corrected chi connectivity index (χ1v) is 16.4. The van der Waals surface area contributed by atoms with Crippen molar-refractivity contribution in [3.63, 3.8) is 0 Å². The molecule has 0 aliphatic heterocycles. The van der Waals surface area contributed by atoms with E-state index in [1.807, 2.05) is 55.5 Å². The lowest BCUT2D eigenvalue weighted by Gasteiger charge is -2.10. The molecule has 6 aromatic carbocycles. The number of ether oxygens (including phenoxy) is 2. The van der Waals surface area contributed by atoms with Crippen LogP contribution >= 0.6 is 0 Å². The molecule has 0 heterocycles. The molecule has 0 fully saturated rings. The minimum atomic E-state index is -4.51. The summed E-state index contributed by atoms with van der Waals surface area (Å²) in [5.74, 6) is 1.15. The normalized spacial score (nSPS) is 11.9. The van der Waals surface area contributed by atoms with Crippen LogP contribution in [0.4, 0.5) is 34.1 Å². The second kappa shape index (κ2) is 13.9. The van der Waals surface area contributed by atoms with E-state index in [2.05, 4.69) is 25.8 Å². The van der Waals surface area contributed by atoms with Crippen molar-refractivity contribution in [2.75, 3.05) is 19.0 Å². The standard InChI is InChI=1S/C36H31N5O6S/c1-3-18-47-31-20-24-4-6-29(21-33(24)35(22-31)48(43,44)45)40-38-26-7-9-27(10-8-26)39-41-34-17-5-23-19-28(13-16-32(23)36(34)42)37-25-11-14-30(46-2)15-12-25/h4-17,19-22,37,42H,3,18H2,1-2H3,(H,43,44,45). The van der Waals surface area contributed by atoms with Gasteiger partial charge in [0.1, 0.15) is 22.1 Å². The third kappa shape index (κ3) is 7.41. The fourth-order valence-electron chi connectivity index (χ4n) is 4.98. The molecule has 0 amide bonds. The Morgan fingerprint density at radius 1 is 0.667 bits per heavy atom. The molecule has 0 aliphatic rings. The van der Waals surface area contributed by atoms with Gasteiger partial charge in [-0.15, -0.1) is 5.11 Å². The van der Waals surface area contributed by atoms with Crippen LogP contribution in [0.1, 0.15) is 13.3 Å². The summed E-state index contributed by atoms with van der Waals surface area (Å²) in [7, 11) is -2.89. The predicted octanol–water partition coefficient (Wildman–Crippen LogP) is 10.3. The van der Waals surface area contributed by atoms with Gasteiger partial charge < -0.3 is 19.9 Å². The number of hydrogen-bond donors (Lipinski definition) is 3. The van der Waals surface area contributed by atoms with E-state index in [9.17, 15) is 18.1 Å². The zero-order chi connectivity index (χ0) is 33.7. The Morgan fingerprint density at radius 3 is 1.98 bits per heavy atom. The Morgan fingerprint density at radius 2 is 1.29 bits per heavy atom. The summed E-state index contributed by atoms with van der Waals surface area (Å²) in [5, 5.41) is 33.6. The molecule has 6 aromatic rings. The molecule has 6 rings (SSSR count). The molecule has 242 valence electrons. The fraction of sp³-hybridized carbons (Fsp3) is 0.111. The van der Waals surface area contributed by atoms with Crippen LogP contribution in [0.15, 0.2) is 135 Å². The van der Waals surface area contributed by atoms with Crippen LogP contribution < -0.4 is 14.8 Å². The monoisotopic (exact) mass is 661 g/mol. The Labute approximate surface area is 277 Å². The maximum absolute atomic E-state index is 12.1. The number of methoxy groups -OCH3 is 1. The van der Waals surface area contributed by atoms with E-state index in [4.69, 9.17) is 9.47 Å². The highest BCUT2D eigenvalue weighted by Crippen LogP contribution is 2.37. The van der Waals surface area contributed by atoms with Crippen LogP contribution in [-0.2, 0) is 10.1 Å². The van der Waals surface area contributed by atoms with Crippen molar-refractivity contribution in [3.05, 3.63) is 109 Å². The SMILES string of the molecule is CCCOc1cc(S(=O)(=O)O)c2cc(N=Nc3ccc(N=Nc4ccc5cc(Nc6ccc(OC)cc6)ccc5c4O)cc3)ccc2c1. The van der Waals surface area contributed by atoms with E-state index in [-0.39, 0.29) is 10.6 Å². The summed E-state index contributed by atoms with van der Waals surface area (Å²) in [5.41, 5.74) is 3.57. The molecule has 11 nitrogen and oxygen atoms in total. The number of azo groups is 2. The summed E-state index contributed by atoms with van der Waals surface area (Å²) < 4.78 is 44.8. The molecular formula is C36H31N5O6S. The van der Waals surface area contributed by atoms with E-state index < -0.39 is 10.1 Å². The molecule has 0 radical (unpaired) electrons. The maximum atomic E-state index is 12.1. The van der Waals surface area contributed by atoms with E-state index in [1.54, 1.807) is 61.7 Å². The van der Waals surface area contributed by atoms with Crippen LogP contribution in [0.3, 0.4) is 0 Å². The van der Waals surface area contributed by atoms with Gasteiger partial charge in [-0.05, 0) is 108 Å². The van der Waals surface area contributed by atoms with Gasteiger partial charge in [0.25, 0.3) is 10.1 Å². The minimum Gasteiger partial charge on any atom is -0.505 e. The number of fused-ring (bicyclic) bond motifs is 2. The summed E-state index contributed by atoms with van der Waals surface area (Å²) in [6, 6.07) is 31.6. The lowest BCUT2D eigenvalue weighted by molar-refractivity contribution is 0.317. The quantitative estimate of drug-likeness (QED) is 0.0921. The van der Waals surface area contributed by atoms with Gasteiger partial charge in [-0.3, -0.25) is 4.55 Å². The highest BCUT2D eigenvalue weighted by molar-refractivity contribution is 7.86. The van der Waals surface area contributed by atoms with Crippen LogP contribution in [0, 0.1) is 0 Å². The van der Waals surface area contributed by atoms with Crippen molar-refractivity contribution in [3.8, 4) is 17.2 Å². The van der Waals surface area contributed by atoms with Gasteiger partial charge in [0.05, 0.1) is 30.8 Å². The molecule has 0 aliphatic carbocycles. The molecule has 0 aromatic heterocycles. The molecule has 0 bridgehead atoms. The number of anilines is 2. The summed E-state index contributed by atoms with van der Waals surface area (Å²) >= 11 is 0. The highest BCUT2D eigenvalue weighted by Gasteiger charge is 2.17. The highest BCUT2D eigenvalue weighted by atomic mass is 32.2. The molecule has 48 heavy (non-hydrogen) atoms. The number of nitrogens with zero attached hydrogens (tertiary/aromatic N) is 4. The van der Waals surface area contributed by atoms with Crippen LogP contribution in [0.2, 0.25) is 0 Å². The third-order valence-corrected chi connectivity index (χ3v) is 8.27. The zero-order valence-corrected chi connectivity index (χ0v) is 26.8. The molecule has 0 unspecified atom stereocenters. The molecule has 0 spiro atoms. The Bertz CT molecular complexity index is 2270. The van der Waals surface area contributed by atoms with Gasteiger partial charge >= 0.3 is 0 Å². The number of rotatable bonds is 11. The van der Waals surface area contributed by atoms with Gasteiger partial charge in [0, 0.05) is 28.2 Å². The smallest absolute Gasteiger partial charge is 0.295 e. The molecule has 0 saturated heterocycles. The predicted molar refractivity (Wildman–Crippen MR) is 186 cm³/mol. The second-order valence-electron chi connectivity index (χ2n) is 10.8. The van der Waals surface area contributed by atoms with E-state index in [0.29, 0.717) is 51.3 Å². The van der Waals surface area contributed by atoms with Gasteiger partial charge in [-0.2, -0.15) is 23.8 Å². The number of aromatic hydroxyl groups is 1. The minimum absolute atomic E-state index is 0.0231. The fourth-order valence-corrected chi connectivity index (χ4v) is 5.70. The second-order valence-corrected chi connectivity index (χ2v) is 12.2. The lowest BCUT2D eigenvalue weighted by Crippen LogP contribution is -2.02. The maximum Gasteiger partial charge on any atom is 0.295 e. The Balaban J connectivity index is 1.15. The lowest BCUT2D eigenvalue weighted by atomic mass is 10.1. The molecule has 3 N–H and O–H groups in total. The topological polar surface area (TPSA) is 155 Å². The number of phenolic OH excluding ortho intramolecular Hbond substituents is 1. The largest absolute Gasteiger partial charge is 0.505 e. The molecular weight excluding hydrogens is 630 g/mol. The summed E-state index contributed by atoms with van der Waals surface area (Å²) in [6.07, 6.45) is 0.753. The van der Waals surface area contributed by atoms with Crippen molar-refractivity contribution in [2.45, 2.75) is 18.2 Å². The number of hydrogen-bond acceptors (Lipinski definition) is 10. The average Bonchev–Trinajstić information content (AvgIpc) is 3.09. The van der Waals surface area contributed by atoms with Crippen LogP contribution in [-0.4, -0.2) is 31.8 Å². The average molecular weight is 662 g/mol. The summed E-state index contributed by atoms with van der Waals surface area (Å²) in [4.78, 5) is -0.262. The van der Waals surface area contributed by atoms with Gasteiger partial charge in [0.15, 0.2) is 5.75 Å². The Hall–Kier alpha value is -5.85. The number of phenols is 1. The Kier molecular flexibility index (Phi) is 9.28. The van der Waals surface area contributed by atoms with Gasteiger partial charge in [0.2, 0.25) is 0 Å². The first kappa shape index (κ1) is 32.1. The molecule has 0 saturated carbocycles. The van der Waals surface area contributed by atoms with Crippen LogP contribution in [0.5, 0.6) is 17.2 Å². The first-order valence-electron chi connectivity index (χ1n) is 15.0. The van der Waals surface area contributed by atoms with E-state index in [0.717, 1.165) is 28.9 Å². The third-order valence-electron chi connectivity index (χ3n) is 7.38. The first-order chi connectivity index (χ1) is 23.2. The van der Waals surface area contributed by atoms with Crippen molar-refractivity contribution >= 4 is 65.8 Å². The van der Waals surface area contributed by atoms with Gasteiger partial charge in [-0.1, -0.05) is 19.1 Å². The van der Waals surface area contributed by atoms with E-state index in [1.165, 1.54) is 6.07 Å². The van der Waals surface area contributed by atoms with Gasteiger partial charge in [-0.25, -0.2) is 0 Å². The molecule has 12 heteroatoms. The van der Waals surface area contributed by atoms with Crippen molar-refractivity contribution in [1.82, 2.24) is 0 Å². The number of nitrogens with one attached hydrogen (secondary N) is 1. The van der Waals surface area contributed by atoms with Crippen molar-refractivity contribution in [1.29, 1.82) is 0 Å². The number of benzene rings is 6. The van der Waals surface area contributed by atoms with Crippen molar-refractivity contribution in [2.24, 2.45) is 20.5 Å². The zero-order valence-electron chi connectivity index (χ0n) is 26.0. The molecule has 0 atom stereocenters. The van der Waals surface area contributed by atoms with Crippen molar-refractivity contribution < 1.29 is 27.6 Å². The summed E-state index contributed by atoms with van der Waals surface area (Å²) in [6.45, 7) is 2.36.